The van der Waals surface area contributed by atoms with Crippen LogP contribution >= 0.6 is 0 Å². The molecular formula is C27H43N3O5. The maximum absolute atomic E-state index is 13.1. The van der Waals surface area contributed by atoms with Crippen molar-refractivity contribution >= 4 is 24.2 Å². The van der Waals surface area contributed by atoms with Crippen molar-refractivity contribution in [3.63, 3.8) is 0 Å². The van der Waals surface area contributed by atoms with E-state index in [4.69, 9.17) is 4.74 Å². The maximum atomic E-state index is 13.1. The van der Waals surface area contributed by atoms with Crippen molar-refractivity contribution in [2.45, 2.75) is 92.0 Å². The van der Waals surface area contributed by atoms with Gasteiger partial charge in [0.2, 0.25) is 11.8 Å². The molecule has 35 heavy (non-hydrogen) atoms. The average Bonchev–Trinajstić information content (AvgIpc) is 2.79. The van der Waals surface area contributed by atoms with E-state index in [-0.39, 0.29) is 18.4 Å². The van der Waals surface area contributed by atoms with Crippen LogP contribution in [-0.2, 0) is 25.7 Å². The van der Waals surface area contributed by atoms with Crippen LogP contribution in [0.1, 0.15) is 72.8 Å². The molecule has 0 heterocycles. The maximum Gasteiger partial charge on any atom is 0.408 e. The molecule has 196 valence electrons. The van der Waals surface area contributed by atoms with E-state index in [0.717, 1.165) is 18.3 Å². The summed E-state index contributed by atoms with van der Waals surface area (Å²) in [5, 5.41) is 8.19. The number of benzene rings is 1. The molecular weight excluding hydrogens is 446 g/mol. The van der Waals surface area contributed by atoms with E-state index in [0.29, 0.717) is 25.2 Å². The first-order chi connectivity index (χ1) is 16.5. The molecule has 0 spiro atoms. The van der Waals surface area contributed by atoms with Crippen LogP contribution in [-0.4, -0.2) is 42.3 Å². The number of hydrogen-bond acceptors (Lipinski definition) is 5. The van der Waals surface area contributed by atoms with Gasteiger partial charge in [0.15, 0.2) is 0 Å². The number of carbonyl (C=O) groups excluding carboxylic acids is 4. The van der Waals surface area contributed by atoms with Gasteiger partial charge in [0.25, 0.3) is 0 Å². The molecule has 0 fully saturated rings. The summed E-state index contributed by atoms with van der Waals surface area (Å²) in [5.41, 5.74) is 0.836. The van der Waals surface area contributed by atoms with Crippen molar-refractivity contribution in [3.05, 3.63) is 35.9 Å². The Kier molecular flexibility index (Phi) is 13.7. The number of ether oxygens (including phenoxy) is 1. The van der Waals surface area contributed by atoms with Gasteiger partial charge in [0.05, 0.1) is 6.04 Å². The lowest BCUT2D eigenvalue weighted by Crippen LogP contribution is -2.55. The summed E-state index contributed by atoms with van der Waals surface area (Å²) in [6.07, 6.45) is 2.17. The van der Waals surface area contributed by atoms with Crippen LogP contribution in [0.5, 0.6) is 0 Å². The Labute approximate surface area is 210 Å². The van der Waals surface area contributed by atoms with E-state index >= 15 is 0 Å². The zero-order valence-electron chi connectivity index (χ0n) is 22.0. The lowest BCUT2D eigenvalue weighted by atomic mass is 9.99. The van der Waals surface area contributed by atoms with Gasteiger partial charge in [-0.25, -0.2) is 4.79 Å². The molecule has 0 aliphatic heterocycles. The zero-order chi connectivity index (χ0) is 26.4. The van der Waals surface area contributed by atoms with Crippen LogP contribution < -0.4 is 16.0 Å². The van der Waals surface area contributed by atoms with Crippen LogP contribution in [0.3, 0.4) is 0 Å². The van der Waals surface area contributed by atoms with Crippen molar-refractivity contribution in [2.24, 2.45) is 17.8 Å². The molecule has 1 aromatic carbocycles. The summed E-state index contributed by atoms with van der Waals surface area (Å²) in [4.78, 5) is 49.9. The van der Waals surface area contributed by atoms with Crippen molar-refractivity contribution in [2.75, 3.05) is 0 Å². The molecule has 0 unspecified atom stereocenters. The molecule has 0 radical (unpaired) electrons. The fraction of sp³-hybridized carbons (Fsp3) is 0.630. The summed E-state index contributed by atoms with van der Waals surface area (Å²) < 4.78 is 5.27. The fourth-order valence-electron chi connectivity index (χ4n) is 3.56. The van der Waals surface area contributed by atoms with E-state index in [1.54, 1.807) is 0 Å². The second kappa shape index (κ2) is 15.9. The second-order valence-electron chi connectivity index (χ2n) is 10.3. The van der Waals surface area contributed by atoms with Crippen LogP contribution in [0.15, 0.2) is 30.3 Å². The second-order valence-corrected chi connectivity index (χ2v) is 10.3. The van der Waals surface area contributed by atoms with Crippen molar-refractivity contribution in [3.8, 4) is 0 Å². The van der Waals surface area contributed by atoms with E-state index < -0.39 is 36.0 Å². The Bertz CT molecular complexity index is 795. The molecule has 0 aliphatic carbocycles. The zero-order valence-corrected chi connectivity index (χ0v) is 22.0. The predicted molar refractivity (Wildman–Crippen MR) is 136 cm³/mol. The van der Waals surface area contributed by atoms with Gasteiger partial charge in [-0.05, 0) is 49.0 Å². The lowest BCUT2D eigenvalue weighted by Gasteiger charge is -2.26. The molecule has 3 amide bonds. The van der Waals surface area contributed by atoms with Crippen LogP contribution in [0, 0.1) is 17.8 Å². The smallest absolute Gasteiger partial charge is 0.408 e. The third-order valence-corrected chi connectivity index (χ3v) is 5.42. The number of carbonyl (C=O) groups is 4. The van der Waals surface area contributed by atoms with E-state index in [9.17, 15) is 19.2 Å². The number of hydrogen-bond donors (Lipinski definition) is 3. The van der Waals surface area contributed by atoms with Crippen LogP contribution in [0.4, 0.5) is 4.79 Å². The van der Waals surface area contributed by atoms with Gasteiger partial charge >= 0.3 is 6.09 Å². The summed E-state index contributed by atoms with van der Waals surface area (Å²) in [7, 11) is 0. The summed E-state index contributed by atoms with van der Waals surface area (Å²) in [5.74, 6) is -0.203. The highest BCUT2D eigenvalue weighted by molar-refractivity contribution is 5.92. The summed E-state index contributed by atoms with van der Waals surface area (Å²) in [6.45, 7) is 12.0. The van der Waals surface area contributed by atoms with Gasteiger partial charge < -0.3 is 25.5 Å². The monoisotopic (exact) mass is 489 g/mol. The highest BCUT2D eigenvalue weighted by atomic mass is 16.5. The Morgan fingerprint density at radius 3 is 1.83 bits per heavy atom. The molecule has 8 nitrogen and oxygen atoms in total. The molecule has 0 saturated carbocycles. The Morgan fingerprint density at radius 2 is 1.31 bits per heavy atom. The van der Waals surface area contributed by atoms with E-state index in [1.807, 2.05) is 58.0 Å². The van der Waals surface area contributed by atoms with Crippen LogP contribution in [0.2, 0.25) is 0 Å². The number of nitrogens with one attached hydrogen (secondary N) is 3. The minimum atomic E-state index is -0.858. The van der Waals surface area contributed by atoms with Gasteiger partial charge in [0, 0.05) is 0 Å². The van der Waals surface area contributed by atoms with Gasteiger partial charge in [-0.1, -0.05) is 71.9 Å². The van der Waals surface area contributed by atoms with Gasteiger partial charge in [-0.2, -0.15) is 0 Å². The highest BCUT2D eigenvalue weighted by Gasteiger charge is 2.29. The molecule has 3 N–H and O–H groups in total. The third kappa shape index (κ3) is 12.9. The predicted octanol–water partition coefficient (Wildman–Crippen LogP) is 3.98. The minimum Gasteiger partial charge on any atom is -0.445 e. The quantitative estimate of drug-likeness (QED) is 0.323. The molecule has 8 heteroatoms. The Morgan fingerprint density at radius 1 is 0.771 bits per heavy atom. The standard InChI is InChI=1S/C27H43N3O5/c1-18(2)12-13-22(16-31)28-25(32)23(14-19(3)4)29-26(33)24(15-20(5)6)30-27(34)35-17-21-10-8-7-9-11-21/h7-11,16,18-20,22-24H,12-15,17H2,1-6H3,(H,28,32)(H,29,33)(H,30,34)/t22-,23-,24-/m0/s1. The molecule has 0 saturated heterocycles. The number of amides is 3. The van der Waals surface area contributed by atoms with Crippen molar-refractivity contribution in [1.29, 1.82) is 0 Å². The number of aldehydes is 1. The van der Waals surface area contributed by atoms with Gasteiger partial charge in [-0.15, -0.1) is 0 Å². The normalized spacial score (nSPS) is 13.7. The lowest BCUT2D eigenvalue weighted by molar-refractivity contribution is -0.131. The number of rotatable bonds is 15. The largest absolute Gasteiger partial charge is 0.445 e. The highest BCUT2D eigenvalue weighted by Crippen LogP contribution is 2.11. The molecule has 0 bridgehead atoms. The average molecular weight is 490 g/mol. The minimum absolute atomic E-state index is 0.0878. The first kappa shape index (κ1) is 30.1. The first-order valence-electron chi connectivity index (χ1n) is 12.5. The van der Waals surface area contributed by atoms with Crippen LogP contribution in [0.25, 0.3) is 0 Å². The van der Waals surface area contributed by atoms with Gasteiger partial charge in [0.1, 0.15) is 25.0 Å². The van der Waals surface area contributed by atoms with Crippen molar-refractivity contribution < 1.29 is 23.9 Å². The van der Waals surface area contributed by atoms with Crippen molar-refractivity contribution in [1.82, 2.24) is 16.0 Å². The SMILES string of the molecule is CC(C)CC[C@@H](C=O)NC(=O)[C@H](CC(C)C)NC(=O)[C@H](CC(C)C)NC(=O)OCc1ccccc1. The summed E-state index contributed by atoms with van der Waals surface area (Å²) in [6, 6.07) is 6.98. The van der Waals surface area contributed by atoms with E-state index in [2.05, 4.69) is 29.8 Å². The fourth-order valence-corrected chi connectivity index (χ4v) is 3.56. The molecule has 3 atom stereocenters. The summed E-state index contributed by atoms with van der Waals surface area (Å²) >= 11 is 0. The number of alkyl carbamates (subject to hydrolysis) is 1. The van der Waals surface area contributed by atoms with Gasteiger partial charge in [-0.3, -0.25) is 9.59 Å². The third-order valence-electron chi connectivity index (χ3n) is 5.42. The topological polar surface area (TPSA) is 114 Å². The first-order valence-corrected chi connectivity index (χ1v) is 12.5. The Balaban J connectivity index is 2.83. The molecule has 0 aliphatic rings. The molecule has 0 aromatic heterocycles. The molecule has 1 aromatic rings. The Hall–Kier alpha value is -2.90. The van der Waals surface area contributed by atoms with E-state index in [1.165, 1.54) is 0 Å². The molecule has 1 rings (SSSR count).